The Morgan fingerprint density at radius 1 is 1.06 bits per heavy atom. The van der Waals surface area contributed by atoms with Crippen LogP contribution >= 0.6 is 0 Å². The average Bonchev–Trinajstić information content (AvgIpc) is 2.72. The molecule has 0 radical (unpaired) electrons. The van der Waals surface area contributed by atoms with E-state index in [2.05, 4.69) is 14.8 Å². The summed E-state index contributed by atoms with van der Waals surface area (Å²) in [6.07, 6.45) is 5.53. The van der Waals surface area contributed by atoms with Gasteiger partial charge in [0.05, 0.1) is 4.90 Å². The van der Waals surface area contributed by atoms with Crippen LogP contribution in [0.4, 0.5) is 8.78 Å². The van der Waals surface area contributed by atoms with E-state index in [1.54, 1.807) is 0 Å². The van der Waals surface area contributed by atoms with Crippen molar-refractivity contribution < 1.29 is 31.5 Å². The lowest BCUT2D eigenvalue weighted by atomic mass is 9.47. The average molecular weight is 498 g/mol. The Morgan fingerprint density at radius 2 is 1.68 bits per heavy atom. The van der Waals surface area contributed by atoms with Crippen molar-refractivity contribution in [3.8, 4) is 5.75 Å². The molecule has 5 fully saturated rings. The van der Waals surface area contributed by atoms with E-state index < -0.39 is 27.6 Å². The van der Waals surface area contributed by atoms with Crippen LogP contribution < -0.4 is 20.5 Å². The fourth-order valence-corrected chi connectivity index (χ4v) is 8.30. The van der Waals surface area contributed by atoms with Gasteiger partial charge < -0.3 is 15.8 Å². The summed E-state index contributed by atoms with van der Waals surface area (Å²) in [6, 6.07) is 4.55. The summed E-state index contributed by atoms with van der Waals surface area (Å²) in [4.78, 5) is 25.4. The second-order valence-corrected chi connectivity index (χ2v) is 12.2. The highest BCUT2D eigenvalue weighted by Crippen LogP contribution is 2.60. The van der Waals surface area contributed by atoms with Gasteiger partial charge in [-0.2, -0.15) is 13.5 Å². The Hall–Kier alpha value is -2.27. The van der Waals surface area contributed by atoms with Crippen LogP contribution in [0.1, 0.15) is 51.4 Å². The third-order valence-electron chi connectivity index (χ3n) is 8.42. The molecule has 0 saturated heterocycles. The number of nitrogens with two attached hydrogens (primary N) is 1. The second kappa shape index (κ2) is 8.15. The van der Waals surface area contributed by atoms with Gasteiger partial charge in [-0.25, -0.2) is 8.42 Å². The molecule has 34 heavy (non-hydrogen) atoms. The molecule has 4 bridgehead atoms. The fraction of sp³-hybridized carbons (Fsp3) is 0.652. The van der Waals surface area contributed by atoms with Gasteiger partial charge in [0.1, 0.15) is 11.3 Å². The molecule has 8 nitrogen and oxygen atoms in total. The number of hydrogen-bond donors (Lipinski definition) is 3. The maximum Gasteiger partial charge on any atom is 0.387 e. The largest absolute Gasteiger partial charge is 0.435 e. The van der Waals surface area contributed by atoms with Crippen molar-refractivity contribution in [3.05, 3.63) is 24.3 Å². The Labute approximate surface area is 197 Å². The van der Waals surface area contributed by atoms with Crippen molar-refractivity contribution in [3.63, 3.8) is 0 Å². The lowest BCUT2D eigenvalue weighted by Gasteiger charge is -2.59. The van der Waals surface area contributed by atoms with Gasteiger partial charge in [-0.05, 0) is 93.4 Å². The van der Waals surface area contributed by atoms with E-state index in [1.165, 1.54) is 12.1 Å². The van der Waals surface area contributed by atoms with E-state index >= 15 is 0 Å². The van der Waals surface area contributed by atoms with E-state index in [0.717, 1.165) is 31.4 Å². The zero-order valence-corrected chi connectivity index (χ0v) is 19.5. The van der Waals surface area contributed by atoms with Gasteiger partial charge in [0.2, 0.25) is 21.8 Å². The van der Waals surface area contributed by atoms with Gasteiger partial charge in [-0.1, -0.05) is 0 Å². The Morgan fingerprint density at radius 3 is 2.18 bits per heavy atom. The summed E-state index contributed by atoms with van der Waals surface area (Å²) in [5.41, 5.74) is 4.04. The van der Waals surface area contributed by atoms with E-state index in [4.69, 9.17) is 5.73 Å². The lowest BCUT2D eigenvalue weighted by Crippen LogP contribution is -2.68. The number of carbonyl (C=O) groups is 2. The van der Waals surface area contributed by atoms with Crippen LogP contribution in [-0.4, -0.2) is 38.4 Å². The molecule has 0 aliphatic heterocycles. The molecular formula is C23H29F2N3O5S. The van der Waals surface area contributed by atoms with E-state index in [-0.39, 0.29) is 40.3 Å². The number of halogens is 2. The maximum absolute atomic E-state index is 13.4. The molecule has 4 N–H and O–H groups in total. The molecular weight excluding hydrogens is 468 g/mol. The van der Waals surface area contributed by atoms with Crippen LogP contribution in [0.2, 0.25) is 0 Å². The van der Waals surface area contributed by atoms with Crippen molar-refractivity contribution in [2.45, 2.75) is 74.5 Å². The van der Waals surface area contributed by atoms with Gasteiger partial charge in [-0.15, -0.1) is 0 Å². The van der Waals surface area contributed by atoms with Crippen LogP contribution in [-0.2, 0) is 19.6 Å². The molecule has 0 spiro atoms. The van der Waals surface area contributed by atoms with Crippen molar-refractivity contribution >= 4 is 21.8 Å². The fourth-order valence-electron chi connectivity index (χ4n) is 6.87. The molecule has 2 atom stereocenters. The normalized spacial score (nSPS) is 33.4. The van der Waals surface area contributed by atoms with Crippen molar-refractivity contribution in [1.82, 2.24) is 10.0 Å². The number of sulfonamides is 1. The number of ether oxygens (including phenoxy) is 1. The van der Waals surface area contributed by atoms with Gasteiger partial charge in [0.15, 0.2) is 0 Å². The highest BCUT2D eigenvalue weighted by molar-refractivity contribution is 7.89. The van der Waals surface area contributed by atoms with Crippen LogP contribution in [0, 0.1) is 23.2 Å². The quantitative estimate of drug-likeness (QED) is 0.508. The molecule has 11 heteroatoms. The minimum atomic E-state index is -4.07. The number of carbonyl (C=O) groups excluding carboxylic acids is 2. The first kappa shape index (κ1) is 23.5. The summed E-state index contributed by atoms with van der Waals surface area (Å²) < 4.78 is 57.6. The van der Waals surface area contributed by atoms with Crippen molar-refractivity contribution in [2.75, 3.05) is 0 Å². The predicted octanol–water partition coefficient (Wildman–Crippen LogP) is 2.29. The number of alkyl halides is 2. The summed E-state index contributed by atoms with van der Waals surface area (Å²) in [5.74, 6) is 0.0417. The zero-order valence-electron chi connectivity index (χ0n) is 18.6. The second-order valence-electron chi connectivity index (χ2n) is 10.5. The lowest BCUT2D eigenvalue weighted by molar-refractivity contribution is -0.149. The molecule has 6 rings (SSSR count). The van der Waals surface area contributed by atoms with Gasteiger partial charge >= 0.3 is 6.61 Å². The Bertz CT molecular complexity index is 1070. The number of benzene rings is 1. The number of primary amides is 1. The topological polar surface area (TPSA) is 128 Å². The third-order valence-corrected chi connectivity index (χ3v) is 9.98. The van der Waals surface area contributed by atoms with E-state index in [0.29, 0.717) is 38.0 Å². The summed E-state index contributed by atoms with van der Waals surface area (Å²) in [5, 5.41) is 3.14. The molecule has 5 saturated carbocycles. The number of rotatable bonds is 8. The van der Waals surface area contributed by atoms with Crippen molar-refractivity contribution in [2.24, 2.45) is 28.9 Å². The molecule has 2 unspecified atom stereocenters. The first-order chi connectivity index (χ1) is 16.0. The minimum Gasteiger partial charge on any atom is -0.435 e. The Balaban J connectivity index is 1.29. The Kier molecular flexibility index (Phi) is 5.63. The standard InChI is InChI=1S/C23H29F2N3O5S/c24-21(25)33-16-2-4-17(5-3-16)34(31,32)28-23(6-1-7-23)20(30)27-18-14-8-13-9-15(18)12-22(10-13,11-14)19(26)29/h2-5,13-15,18,21,28H,1,6-12H2,(H2,26,29)(H,27,30). The molecule has 186 valence electrons. The molecule has 2 amide bonds. The van der Waals surface area contributed by atoms with Gasteiger partial charge in [0, 0.05) is 11.5 Å². The molecule has 1 aromatic rings. The van der Waals surface area contributed by atoms with E-state index in [9.17, 15) is 26.8 Å². The maximum atomic E-state index is 13.4. The predicted molar refractivity (Wildman–Crippen MR) is 117 cm³/mol. The first-order valence-electron chi connectivity index (χ1n) is 11.7. The summed E-state index contributed by atoms with van der Waals surface area (Å²) in [6.45, 7) is -3.01. The SMILES string of the molecule is NC(=O)C12CC3CC(C1)C(NC(=O)C1(NS(=O)(=O)c4ccc(OC(F)F)cc4)CCC1)C(C3)C2. The number of amides is 2. The first-order valence-corrected chi connectivity index (χ1v) is 13.2. The molecule has 5 aliphatic carbocycles. The van der Waals surface area contributed by atoms with Crippen LogP contribution in [0.15, 0.2) is 29.2 Å². The third kappa shape index (κ3) is 3.96. The van der Waals surface area contributed by atoms with Crippen LogP contribution in [0.5, 0.6) is 5.75 Å². The van der Waals surface area contributed by atoms with Crippen LogP contribution in [0.3, 0.4) is 0 Å². The monoisotopic (exact) mass is 497 g/mol. The van der Waals surface area contributed by atoms with Crippen molar-refractivity contribution in [1.29, 1.82) is 0 Å². The smallest absolute Gasteiger partial charge is 0.387 e. The molecule has 0 heterocycles. The summed E-state index contributed by atoms with van der Waals surface area (Å²) in [7, 11) is -4.07. The number of nitrogens with one attached hydrogen (secondary N) is 2. The van der Waals surface area contributed by atoms with E-state index in [1.807, 2.05) is 0 Å². The van der Waals surface area contributed by atoms with Gasteiger partial charge in [0.25, 0.3) is 0 Å². The summed E-state index contributed by atoms with van der Waals surface area (Å²) >= 11 is 0. The van der Waals surface area contributed by atoms with Crippen LogP contribution in [0.25, 0.3) is 0 Å². The molecule has 5 aliphatic rings. The van der Waals surface area contributed by atoms with Gasteiger partial charge in [-0.3, -0.25) is 9.59 Å². The molecule has 1 aromatic carbocycles. The molecule has 0 aromatic heterocycles. The highest BCUT2D eigenvalue weighted by Gasteiger charge is 2.59. The number of hydrogen-bond acceptors (Lipinski definition) is 5. The minimum absolute atomic E-state index is 0.0933. The zero-order chi connectivity index (χ0) is 24.3. The highest BCUT2D eigenvalue weighted by atomic mass is 32.2.